The molecule has 1 aliphatic heterocycles. The summed E-state index contributed by atoms with van der Waals surface area (Å²) in [7, 11) is -2.01. The average molecular weight is 271 g/mol. The van der Waals surface area contributed by atoms with E-state index in [1.807, 2.05) is 6.92 Å². The number of sulfonamides is 1. The Kier molecular flexibility index (Phi) is 3.89. The Bertz CT molecular complexity index is 521. The van der Waals surface area contributed by atoms with Crippen LogP contribution < -0.4 is 4.74 Å². The minimum atomic E-state index is -3.49. The second-order valence-electron chi connectivity index (χ2n) is 4.17. The van der Waals surface area contributed by atoms with Crippen LogP contribution in [-0.2, 0) is 14.8 Å². The highest BCUT2D eigenvalue weighted by atomic mass is 32.2. The van der Waals surface area contributed by atoms with Crippen LogP contribution in [0.3, 0.4) is 0 Å². The summed E-state index contributed by atoms with van der Waals surface area (Å²) in [4.78, 5) is 0.220. The molecule has 0 N–H and O–H groups in total. The molecule has 1 heterocycles. The van der Waals surface area contributed by atoms with E-state index in [9.17, 15) is 8.42 Å². The molecule has 6 heteroatoms. The van der Waals surface area contributed by atoms with Crippen molar-refractivity contribution < 1.29 is 17.9 Å². The zero-order chi connectivity index (χ0) is 13.2. The third-order valence-electron chi connectivity index (χ3n) is 2.91. The van der Waals surface area contributed by atoms with Crippen LogP contribution in [0.4, 0.5) is 0 Å². The first-order chi connectivity index (χ1) is 8.55. The minimum Gasteiger partial charge on any atom is -0.495 e. The van der Waals surface area contributed by atoms with Crippen molar-refractivity contribution in [2.45, 2.75) is 11.8 Å². The monoisotopic (exact) mass is 271 g/mol. The topological polar surface area (TPSA) is 55.8 Å². The van der Waals surface area contributed by atoms with Crippen LogP contribution in [0.15, 0.2) is 23.1 Å². The standard InChI is InChI=1S/C12H17NO4S/c1-10-3-4-12(11(9-10)16-2)18(14,15)13-5-7-17-8-6-13/h3-4,9H,5-8H2,1-2H3. The van der Waals surface area contributed by atoms with Crippen LogP contribution >= 0.6 is 0 Å². The van der Waals surface area contributed by atoms with E-state index in [0.717, 1.165) is 5.56 Å². The molecule has 18 heavy (non-hydrogen) atoms. The molecule has 0 aliphatic carbocycles. The molecule has 1 saturated heterocycles. The van der Waals surface area contributed by atoms with E-state index >= 15 is 0 Å². The lowest BCUT2D eigenvalue weighted by Crippen LogP contribution is -2.40. The Balaban J connectivity index is 2.40. The Hall–Kier alpha value is -1.11. The second kappa shape index (κ2) is 5.26. The highest BCUT2D eigenvalue weighted by Crippen LogP contribution is 2.28. The van der Waals surface area contributed by atoms with E-state index in [2.05, 4.69) is 0 Å². The van der Waals surface area contributed by atoms with Gasteiger partial charge in [0.2, 0.25) is 10.0 Å². The second-order valence-corrected chi connectivity index (χ2v) is 6.08. The highest BCUT2D eigenvalue weighted by molar-refractivity contribution is 7.89. The van der Waals surface area contributed by atoms with E-state index in [4.69, 9.17) is 9.47 Å². The van der Waals surface area contributed by atoms with Crippen LogP contribution in [0.2, 0.25) is 0 Å². The number of rotatable bonds is 3. The van der Waals surface area contributed by atoms with Crippen molar-refractivity contribution >= 4 is 10.0 Å². The van der Waals surface area contributed by atoms with Gasteiger partial charge in [-0.15, -0.1) is 0 Å². The highest BCUT2D eigenvalue weighted by Gasteiger charge is 2.28. The smallest absolute Gasteiger partial charge is 0.246 e. The molecule has 0 amide bonds. The van der Waals surface area contributed by atoms with Gasteiger partial charge in [0, 0.05) is 13.1 Å². The lowest BCUT2D eigenvalue weighted by molar-refractivity contribution is 0.0729. The molecular weight excluding hydrogens is 254 g/mol. The third-order valence-corrected chi connectivity index (χ3v) is 4.85. The summed E-state index contributed by atoms with van der Waals surface area (Å²) in [5.74, 6) is 0.390. The molecule has 1 aromatic carbocycles. The number of aryl methyl sites for hydroxylation is 1. The molecule has 1 fully saturated rings. The quantitative estimate of drug-likeness (QED) is 0.824. The van der Waals surface area contributed by atoms with Crippen LogP contribution in [0.1, 0.15) is 5.56 Å². The molecule has 1 aromatic rings. The number of hydrogen-bond acceptors (Lipinski definition) is 4. The predicted octanol–water partition coefficient (Wildman–Crippen LogP) is 1.02. The molecule has 0 atom stereocenters. The molecule has 2 rings (SSSR count). The lowest BCUT2D eigenvalue weighted by atomic mass is 10.2. The summed E-state index contributed by atoms with van der Waals surface area (Å²) in [5.41, 5.74) is 0.966. The Morgan fingerprint density at radius 1 is 1.28 bits per heavy atom. The van der Waals surface area contributed by atoms with Crippen LogP contribution in [0.5, 0.6) is 5.75 Å². The molecule has 0 bridgehead atoms. The Morgan fingerprint density at radius 3 is 2.56 bits per heavy atom. The van der Waals surface area contributed by atoms with Crippen molar-refractivity contribution in [3.63, 3.8) is 0 Å². The maximum absolute atomic E-state index is 12.5. The van der Waals surface area contributed by atoms with Gasteiger partial charge in [-0.05, 0) is 24.6 Å². The van der Waals surface area contributed by atoms with E-state index in [-0.39, 0.29) is 4.90 Å². The zero-order valence-corrected chi connectivity index (χ0v) is 11.4. The van der Waals surface area contributed by atoms with Crippen molar-refractivity contribution in [3.8, 4) is 5.75 Å². The first-order valence-electron chi connectivity index (χ1n) is 5.78. The molecule has 0 spiro atoms. The number of methoxy groups -OCH3 is 1. The fourth-order valence-electron chi connectivity index (χ4n) is 1.91. The van der Waals surface area contributed by atoms with Gasteiger partial charge in [0.1, 0.15) is 10.6 Å². The number of nitrogens with zero attached hydrogens (tertiary/aromatic N) is 1. The van der Waals surface area contributed by atoms with E-state index in [1.165, 1.54) is 11.4 Å². The van der Waals surface area contributed by atoms with Gasteiger partial charge in [-0.1, -0.05) is 6.07 Å². The maximum Gasteiger partial charge on any atom is 0.246 e. The summed E-state index contributed by atoms with van der Waals surface area (Å²) in [6.45, 7) is 3.55. The van der Waals surface area contributed by atoms with E-state index < -0.39 is 10.0 Å². The van der Waals surface area contributed by atoms with E-state index in [0.29, 0.717) is 32.1 Å². The van der Waals surface area contributed by atoms with Gasteiger partial charge in [-0.25, -0.2) is 8.42 Å². The molecule has 5 nitrogen and oxygen atoms in total. The molecular formula is C12H17NO4S. The normalized spacial score (nSPS) is 17.7. The minimum absolute atomic E-state index is 0.220. The Morgan fingerprint density at radius 2 is 1.94 bits per heavy atom. The van der Waals surface area contributed by atoms with Gasteiger partial charge in [-0.3, -0.25) is 0 Å². The molecule has 100 valence electrons. The van der Waals surface area contributed by atoms with Gasteiger partial charge in [0.25, 0.3) is 0 Å². The first-order valence-corrected chi connectivity index (χ1v) is 7.22. The molecule has 1 aliphatic rings. The molecule has 0 saturated carbocycles. The van der Waals surface area contributed by atoms with Gasteiger partial charge in [-0.2, -0.15) is 4.31 Å². The fourth-order valence-corrected chi connectivity index (χ4v) is 3.46. The van der Waals surface area contributed by atoms with E-state index in [1.54, 1.807) is 18.2 Å². The average Bonchev–Trinajstić information content (AvgIpc) is 2.39. The first kappa shape index (κ1) is 13.3. The molecule has 0 aromatic heterocycles. The number of ether oxygens (including phenoxy) is 2. The molecule has 0 radical (unpaired) electrons. The van der Waals surface area contributed by atoms with Crippen LogP contribution in [0.25, 0.3) is 0 Å². The van der Waals surface area contributed by atoms with Crippen molar-refractivity contribution in [2.24, 2.45) is 0 Å². The third kappa shape index (κ3) is 2.50. The van der Waals surface area contributed by atoms with Gasteiger partial charge < -0.3 is 9.47 Å². The van der Waals surface area contributed by atoms with Crippen molar-refractivity contribution in [1.29, 1.82) is 0 Å². The maximum atomic E-state index is 12.5. The Labute approximate surface area is 107 Å². The largest absolute Gasteiger partial charge is 0.495 e. The lowest BCUT2D eigenvalue weighted by Gasteiger charge is -2.26. The fraction of sp³-hybridized carbons (Fsp3) is 0.500. The van der Waals surface area contributed by atoms with Crippen molar-refractivity contribution in [1.82, 2.24) is 4.31 Å². The summed E-state index contributed by atoms with van der Waals surface area (Å²) in [5, 5.41) is 0. The van der Waals surface area contributed by atoms with Gasteiger partial charge >= 0.3 is 0 Å². The van der Waals surface area contributed by atoms with Crippen LogP contribution in [0, 0.1) is 6.92 Å². The zero-order valence-electron chi connectivity index (χ0n) is 10.5. The van der Waals surface area contributed by atoms with Crippen molar-refractivity contribution in [2.75, 3.05) is 33.4 Å². The number of morpholine rings is 1. The SMILES string of the molecule is COc1cc(C)ccc1S(=O)(=O)N1CCOCC1. The number of benzene rings is 1. The summed E-state index contributed by atoms with van der Waals surface area (Å²) in [6.07, 6.45) is 0. The summed E-state index contributed by atoms with van der Waals surface area (Å²) < 4.78 is 36.7. The molecule has 0 unspecified atom stereocenters. The van der Waals surface area contributed by atoms with Gasteiger partial charge in [0.05, 0.1) is 20.3 Å². The number of hydrogen-bond donors (Lipinski definition) is 0. The predicted molar refractivity (Wildman–Crippen MR) is 67.3 cm³/mol. The van der Waals surface area contributed by atoms with Crippen LogP contribution in [-0.4, -0.2) is 46.1 Å². The summed E-state index contributed by atoms with van der Waals surface area (Å²) in [6, 6.07) is 5.10. The van der Waals surface area contributed by atoms with Gasteiger partial charge in [0.15, 0.2) is 0 Å². The van der Waals surface area contributed by atoms with Crippen molar-refractivity contribution in [3.05, 3.63) is 23.8 Å². The summed E-state index contributed by atoms with van der Waals surface area (Å²) >= 11 is 0.